The fraction of sp³-hybridized carbons (Fsp3) is 0.348. The van der Waals surface area contributed by atoms with Gasteiger partial charge in [0.25, 0.3) is 0 Å². The summed E-state index contributed by atoms with van der Waals surface area (Å²) in [6.45, 7) is 10.4. The van der Waals surface area contributed by atoms with Gasteiger partial charge in [-0.2, -0.15) is 0 Å². The van der Waals surface area contributed by atoms with Gasteiger partial charge in [0.05, 0.1) is 17.3 Å². The van der Waals surface area contributed by atoms with Crippen molar-refractivity contribution in [3.05, 3.63) is 59.0 Å². The van der Waals surface area contributed by atoms with Gasteiger partial charge >= 0.3 is 5.63 Å². The Hall–Kier alpha value is -3.19. The van der Waals surface area contributed by atoms with Crippen LogP contribution in [0.1, 0.15) is 19.5 Å². The lowest BCUT2D eigenvalue weighted by Gasteiger charge is -2.40. The summed E-state index contributed by atoms with van der Waals surface area (Å²) in [5, 5.41) is 1.46. The van der Waals surface area contributed by atoms with Crippen LogP contribution >= 0.6 is 0 Å². The molecule has 0 bridgehead atoms. The van der Waals surface area contributed by atoms with Gasteiger partial charge in [0.2, 0.25) is 0 Å². The predicted molar refractivity (Wildman–Crippen MR) is 118 cm³/mol. The molecule has 0 N–H and O–H groups in total. The summed E-state index contributed by atoms with van der Waals surface area (Å²) in [4.78, 5) is 26.4. The molecule has 0 spiro atoms. The third-order valence-electron chi connectivity index (χ3n) is 6.01. The van der Waals surface area contributed by atoms with Crippen molar-refractivity contribution in [3.8, 4) is 11.5 Å². The van der Waals surface area contributed by atoms with E-state index in [0.717, 1.165) is 42.9 Å². The van der Waals surface area contributed by atoms with Crippen molar-refractivity contribution >= 4 is 22.1 Å². The maximum Gasteiger partial charge on any atom is 0.344 e. The first kappa shape index (κ1) is 18.8. The first-order valence-electron chi connectivity index (χ1n) is 10.4. The fourth-order valence-corrected chi connectivity index (χ4v) is 4.31. The minimum atomic E-state index is -0.337. The average Bonchev–Trinajstić information content (AvgIpc) is 3.16. The van der Waals surface area contributed by atoms with Crippen molar-refractivity contribution in [2.24, 2.45) is 0 Å². The van der Waals surface area contributed by atoms with E-state index in [1.165, 1.54) is 0 Å². The van der Waals surface area contributed by atoms with Gasteiger partial charge in [-0.3, -0.25) is 9.88 Å². The molecule has 30 heavy (non-hydrogen) atoms. The number of piperazine rings is 1. The first-order chi connectivity index (χ1) is 14.5. The van der Waals surface area contributed by atoms with Crippen LogP contribution in [0.4, 0.5) is 5.69 Å². The highest BCUT2D eigenvalue weighted by molar-refractivity contribution is 5.87. The third-order valence-corrected chi connectivity index (χ3v) is 6.01. The van der Waals surface area contributed by atoms with Crippen LogP contribution in [0.25, 0.3) is 27.9 Å². The molecule has 5 rings (SSSR count). The average molecular weight is 403 g/mol. The van der Waals surface area contributed by atoms with Gasteiger partial charge in [-0.15, -0.1) is 0 Å². The second kappa shape index (κ2) is 7.25. The monoisotopic (exact) mass is 403 g/mol. The van der Waals surface area contributed by atoms with E-state index in [9.17, 15) is 4.79 Å². The first-order valence-corrected chi connectivity index (χ1v) is 10.4. The Balaban J connectivity index is 1.50. The molecular formula is C23H25N5O2. The molecule has 0 saturated carbocycles. The minimum Gasteiger partial charge on any atom is -0.421 e. The molecule has 3 aromatic heterocycles. The molecule has 7 nitrogen and oxygen atoms in total. The van der Waals surface area contributed by atoms with Crippen LogP contribution in [-0.4, -0.2) is 51.5 Å². The number of benzene rings is 1. The lowest BCUT2D eigenvalue weighted by atomic mass is 10.1. The van der Waals surface area contributed by atoms with Crippen LogP contribution in [0.15, 0.2) is 52.1 Å². The number of imidazole rings is 1. The summed E-state index contributed by atoms with van der Waals surface area (Å²) >= 11 is 0. The SMILES string of the molecule is CCN1CCN(c2ccc3cc(-c4cn5cc(C)ncc5n4)oc(=O)c3c2)C[C@@H]1C. The molecule has 154 valence electrons. The largest absolute Gasteiger partial charge is 0.421 e. The number of hydrogen-bond donors (Lipinski definition) is 0. The number of aromatic nitrogens is 3. The van der Waals surface area contributed by atoms with Crippen molar-refractivity contribution in [2.45, 2.75) is 26.8 Å². The minimum absolute atomic E-state index is 0.337. The van der Waals surface area contributed by atoms with Crippen LogP contribution in [0.3, 0.4) is 0 Å². The molecule has 1 aliphatic heterocycles. The molecule has 0 amide bonds. The summed E-state index contributed by atoms with van der Waals surface area (Å²) in [5.74, 6) is 0.465. The van der Waals surface area contributed by atoms with Gasteiger partial charge in [0, 0.05) is 43.8 Å². The van der Waals surface area contributed by atoms with Gasteiger partial charge < -0.3 is 13.7 Å². The van der Waals surface area contributed by atoms with Crippen molar-refractivity contribution in [1.82, 2.24) is 19.3 Å². The number of hydrogen-bond acceptors (Lipinski definition) is 6. The maximum atomic E-state index is 12.8. The highest BCUT2D eigenvalue weighted by Crippen LogP contribution is 2.26. The second-order valence-corrected chi connectivity index (χ2v) is 8.01. The van der Waals surface area contributed by atoms with Crippen LogP contribution in [0.5, 0.6) is 0 Å². The van der Waals surface area contributed by atoms with Crippen LogP contribution < -0.4 is 10.5 Å². The van der Waals surface area contributed by atoms with Gasteiger partial charge in [0.1, 0.15) is 5.69 Å². The molecular weight excluding hydrogens is 378 g/mol. The summed E-state index contributed by atoms with van der Waals surface area (Å²) in [6, 6.07) is 8.43. The second-order valence-electron chi connectivity index (χ2n) is 8.01. The van der Waals surface area contributed by atoms with E-state index in [1.54, 1.807) is 6.20 Å². The standard InChI is InChI=1S/C23H25N5O2/c1-4-26-7-8-27(13-16(26)3)18-6-5-17-9-21(30-23(29)19(17)10-18)20-14-28-12-15(2)24-11-22(28)25-20/h5-6,9-12,14,16H,4,7-8,13H2,1-3H3/t16-/m0/s1. The highest BCUT2D eigenvalue weighted by atomic mass is 16.4. The lowest BCUT2D eigenvalue weighted by Crippen LogP contribution is -2.51. The van der Waals surface area contributed by atoms with Crippen LogP contribution in [-0.2, 0) is 0 Å². The third kappa shape index (κ3) is 3.25. The molecule has 4 heterocycles. The van der Waals surface area contributed by atoms with Crippen LogP contribution in [0, 0.1) is 6.92 Å². The lowest BCUT2D eigenvalue weighted by molar-refractivity contribution is 0.199. The smallest absolute Gasteiger partial charge is 0.344 e. The number of anilines is 1. The molecule has 1 fully saturated rings. The zero-order valence-electron chi connectivity index (χ0n) is 17.5. The number of rotatable bonds is 3. The number of likely N-dealkylation sites (N-methyl/N-ethyl adjacent to an activating group) is 1. The van der Waals surface area contributed by atoms with E-state index in [2.05, 4.69) is 39.7 Å². The van der Waals surface area contributed by atoms with E-state index in [0.29, 0.717) is 28.5 Å². The van der Waals surface area contributed by atoms with E-state index < -0.39 is 0 Å². The van der Waals surface area contributed by atoms with Crippen molar-refractivity contribution in [1.29, 1.82) is 0 Å². The molecule has 0 radical (unpaired) electrons. The molecule has 7 heteroatoms. The van der Waals surface area contributed by atoms with Gasteiger partial charge in [-0.1, -0.05) is 13.0 Å². The van der Waals surface area contributed by atoms with E-state index >= 15 is 0 Å². The zero-order chi connectivity index (χ0) is 20.8. The normalized spacial score (nSPS) is 17.8. The Morgan fingerprint density at radius 3 is 2.87 bits per heavy atom. The number of fused-ring (bicyclic) bond motifs is 2. The molecule has 4 aromatic rings. The van der Waals surface area contributed by atoms with E-state index in [4.69, 9.17) is 4.42 Å². The molecule has 1 aromatic carbocycles. The quantitative estimate of drug-likeness (QED) is 0.523. The number of aryl methyl sites for hydroxylation is 1. The summed E-state index contributed by atoms with van der Waals surface area (Å²) in [5.41, 5.74) is 2.97. The van der Waals surface area contributed by atoms with E-state index in [-0.39, 0.29) is 5.63 Å². The number of nitrogens with zero attached hydrogens (tertiary/aromatic N) is 5. The Bertz CT molecular complexity index is 1290. The fourth-order valence-electron chi connectivity index (χ4n) is 4.31. The topological polar surface area (TPSA) is 66.9 Å². The van der Waals surface area contributed by atoms with Crippen molar-refractivity contribution in [3.63, 3.8) is 0 Å². The molecule has 1 saturated heterocycles. The molecule has 1 atom stereocenters. The molecule has 0 unspecified atom stereocenters. The molecule has 1 aliphatic rings. The van der Waals surface area contributed by atoms with E-state index in [1.807, 2.05) is 41.9 Å². The summed E-state index contributed by atoms with van der Waals surface area (Å²) in [6.07, 6.45) is 5.47. The predicted octanol–water partition coefficient (Wildman–Crippen LogP) is 3.34. The summed E-state index contributed by atoms with van der Waals surface area (Å²) < 4.78 is 7.55. The Morgan fingerprint density at radius 2 is 2.07 bits per heavy atom. The van der Waals surface area contributed by atoms with Gasteiger partial charge in [0.15, 0.2) is 11.4 Å². The maximum absolute atomic E-state index is 12.8. The van der Waals surface area contributed by atoms with Crippen LogP contribution in [0.2, 0.25) is 0 Å². The summed E-state index contributed by atoms with van der Waals surface area (Å²) in [7, 11) is 0. The zero-order valence-corrected chi connectivity index (χ0v) is 17.5. The van der Waals surface area contributed by atoms with Crippen molar-refractivity contribution < 1.29 is 4.42 Å². The Labute approximate surface area is 174 Å². The Morgan fingerprint density at radius 1 is 1.20 bits per heavy atom. The molecule has 0 aliphatic carbocycles. The van der Waals surface area contributed by atoms with Gasteiger partial charge in [-0.05, 0) is 44.0 Å². The van der Waals surface area contributed by atoms with Crippen molar-refractivity contribution in [2.75, 3.05) is 31.1 Å². The van der Waals surface area contributed by atoms with Gasteiger partial charge in [-0.25, -0.2) is 9.78 Å². The Kier molecular flexibility index (Phi) is 4.55. The highest BCUT2D eigenvalue weighted by Gasteiger charge is 2.23.